The molecule has 2 rings (SSSR count). The number of carbonyl (C=O) groups excluding carboxylic acids is 1. The molecule has 1 N–H and O–H groups in total. The van der Waals surface area contributed by atoms with Gasteiger partial charge in [-0.05, 0) is 17.7 Å². The molecule has 0 bridgehead atoms. The van der Waals surface area contributed by atoms with Gasteiger partial charge in [0.1, 0.15) is 5.82 Å². The SMILES string of the molecule is O=C1CCN(Cc2cccc(F)c2)CCOCCN1. The summed E-state index contributed by atoms with van der Waals surface area (Å²) in [5, 5.41) is 2.80. The zero-order chi connectivity index (χ0) is 13.5. The molecular formula is C14H19FN2O2. The third-order valence-corrected chi connectivity index (χ3v) is 3.07. The van der Waals surface area contributed by atoms with Gasteiger partial charge in [0.05, 0.1) is 13.2 Å². The second kappa shape index (κ2) is 7.21. The predicted molar refractivity (Wildman–Crippen MR) is 70.1 cm³/mol. The molecule has 1 heterocycles. The van der Waals surface area contributed by atoms with Crippen molar-refractivity contribution in [3.63, 3.8) is 0 Å². The van der Waals surface area contributed by atoms with Crippen molar-refractivity contribution in [3.8, 4) is 0 Å². The molecule has 0 unspecified atom stereocenters. The molecule has 1 aliphatic heterocycles. The Morgan fingerprint density at radius 3 is 3.05 bits per heavy atom. The van der Waals surface area contributed by atoms with Crippen LogP contribution in [0.1, 0.15) is 12.0 Å². The molecule has 1 amide bonds. The van der Waals surface area contributed by atoms with E-state index >= 15 is 0 Å². The molecule has 1 aromatic rings. The van der Waals surface area contributed by atoms with E-state index in [1.54, 1.807) is 6.07 Å². The number of hydrogen-bond acceptors (Lipinski definition) is 3. The molecule has 0 saturated carbocycles. The topological polar surface area (TPSA) is 41.6 Å². The van der Waals surface area contributed by atoms with Crippen molar-refractivity contribution in [1.82, 2.24) is 10.2 Å². The van der Waals surface area contributed by atoms with E-state index in [-0.39, 0.29) is 11.7 Å². The van der Waals surface area contributed by atoms with Crippen LogP contribution in [0.2, 0.25) is 0 Å². The van der Waals surface area contributed by atoms with Crippen LogP contribution in [0.15, 0.2) is 24.3 Å². The molecule has 1 aromatic carbocycles. The third-order valence-electron chi connectivity index (χ3n) is 3.07. The molecule has 0 aromatic heterocycles. The van der Waals surface area contributed by atoms with Crippen LogP contribution in [-0.2, 0) is 16.1 Å². The van der Waals surface area contributed by atoms with Crippen LogP contribution in [0.3, 0.4) is 0 Å². The summed E-state index contributed by atoms with van der Waals surface area (Å²) >= 11 is 0. The summed E-state index contributed by atoms with van der Waals surface area (Å²) in [4.78, 5) is 13.6. The summed E-state index contributed by atoms with van der Waals surface area (Å²) in [6.45, 7) is 3.79. The maximum absolute atomic E-state index is 13.1. The first-order chi connectivity index (χ1) is 9.24. The highest BCUT2D eigenvalue weighted by Crippen LogP contribution is 2.08. The fourth-order valence-corrected chi connectivity index (χ4v) is 2.07. The van der Waals surface area contributed by atoms with Gasteiger partial charge in [-0.15, -0.1) is 0 Å². The number of benzene rings is 1. The van der Waals surface area contributed by atoms with Crippen molar-refractivity contribution in [2.24, 2.45) is 0 Å². The van der Waals surface area contributed by atoms with E-state index < -0.39 is 0 Å². The number of halogens is 1. The largest absolute Gasteiger partial charge is 0.378 e. The molecular weight excluding hydrogens is 247 g/mol. The number of hydrogen-bond donors (Lipinski definition) is 1. The molecule has 0 spiro atoms. The summed E-state index contributed by atoms with van der Waals surface area (Å²) in [7, 11) is 0. The van der Waals surface area contributed by atoms with Gasteiger partial charge in [-0.25, -0.2) is 4.39 Å². The average Bonchev–Trinajstić information content (AvgIpc) is 2.39. The Labute approximate surface area is 112 Å². The lowest BCUT2D eigenvalue weighted by atomic mass is 10.2. The molecule has 19 heavy (non-hydrogen) atoms. The van der Waals surface area contributed by atoms with Gasteiger partial charge in [-0.1, -0.05) is 12.1 Å². The van der Waals surface area contributed by atoms with Gasteiger partial charge in [-0.2, -0.15) is 0 Å². The molecule has 1 fully saturated rings. The average molecular weight is 266 g/mol. The van der Waals surface area contributed by atoms with Crippen LogP contribution in [0.5, 0.6) is 0 Å². The molecule has 0 atom stereocenters. The van der Waals surface area contributed by atoms with E-state index in [0.29, 0.717) is 39.3 Å². The Morgan fingerprint density at radius 1 is 1.32 bits per heavy atom. The van der Waals surface area contributed by atoms with Crippen LogP contribution >= 0.6 is 0 Å². The molecule has 1 saturated heterocycles. The van der Waals surface area contributed by atoms with Crippen molar-refractivity contribution in [2.45, 2.75) is 13.0 Å². The Morgan fingerprint density at radius 2 is 2.21 bits per heavy atom. The van der Waals surface area contributed by atoms with Crippen LogP contribution in [0.25, 0.3) is 0 Å². The molecule has 1 aliphatic rings. The second-order valence-corrected chi connectivity index (χ2v) is 4.62. The number of rotatable bonds is 2. The van der Waals surface area contributed by atoms with E-state index in [1.165, 1.54) is 12.1 Å². The summed E-state index contributed by atoms with van der Waals surface area (Å²) < 4.78 is 18.6. The first kappa shape index (κ1) is 14.0. The van der Waals surface area contributed by atoms with Gasteiger partial charge in [-0.3, -0.25) is 9.69 Å². The highest BCUT2D eigenvalue weighted by atomic mass is 19.1. The lowest BCUT2D eigenvalue weighted by molar-refractivity contribution is -0.122. The quantitative estimate of drug-likeness (QED) is 0.873. The number of carbonyl (C=O) groups is 1. The van der Waals surface area contributed by atoms with Crippen molar-refractivity contribution in [2.75, 3.05) is 32.8 Å². The van der Waals surface area contributed by atoms with Crippen LogP contribution in [0.4, 0.5) is 4.39 Å². The van der Waals surface area contributed by atoms with Crippen molar-refractivity contribution < 1.29 is 13.9 Å². The fraction of sp³-hybridized carbons (Fsp3) is 0.500. The number of ether oxygens (including phenoxy) is 1. The van der Waals surface area contributed by atoms with Gasteiger partial charge >= 0.3 is 0 Å². The normalized spacial score (nSPS) is 18.9. The summed E-state index contributed by atoms with van der Waals surface area (Å²) in [5.41, 5.74) is 0.914. The van der Waals surface area contributed by atoms with Gasteiger partial charge in [0.2, 0.25) is 5.91 Å². The number of nitrogens with zero attached hydrogens (tertiary/aromatic N) is 1. The number of nitrogens with one attached hydrogen (secondary N) is 1. The zero-order valence-electron chi connectivity index (χ0n) is 10.9. The highest BCUT2D eigenvalue weighted by Gasteiger charge is 2.11. The summed E-state index contributed by atoms with van der Waals surface area (Å²) in [5.74, 6) is -0.192. The van der Waals surface area contributed by atoms with Gasteiger partial charge in [0, 0.05) is 32.6 Å². The Hall–Kier alpha value is -1.46. The predicted octanol–water partition coefficient (Wildman–Crippen LogP) is 1.16. The molecule has 5 heteroatoms. The smallest absolute Gasteiger partial charge is 0.221 e. The highest BCUT2D eigenvalue weighted by molar-refractivity contribution is 5.76. The monoisotopic (exact) mass is 266 g/mol. The van der Waals surface area contributed by atoms with Gasteiger partial charge in [0.15, 0.2) is 0 Å². The van der Waals surface area contributed by atoms with Crippen LogP contribution < -0.4 is 5.32 Å². The maximum atomic E-state index is 13.1. The zero-order valence-corrected chi connectivity index (χ0v) is 10.9. The van der Waals surface area contributed by atoms with E-state index in [4.69, 9.17) is 4.74 Å². The van der Waals surface area contributed by atoms with E-state index in [0.717, 1.165) is 12.1 Å². The van der Waals surface area contributed by atoms with Crippen molar-refractivity contribution in [1.29, 1.82) is 0 Å². The first-order valence-corrected chi connectivity index (χ1v) is 6.55. The second-order valence-electron chi connectivity index (χ2n) is 4.62. The number of amides is 1. The Balaban J connectivity index is 1.93. The van der Waals surface area contributed by atoms with Crippen molar-refractivity contribution >= 4 is 5.91 Å². The Kier molecular flexibility index (Phi) is 5.30. The van der Waals surface area contributed by atoms with Gasteiger partial charge in [0.25, 0.3) is 0 Å². The molecule has 4 nitrogen and oxygen atoms in total. The maximum Gasteiger partial charge on any atom is 0.221 e. The Bertz CT molecular complexity index is 426. The lowest BCUT2D eigenvalue weighted by Crippen LogP contribution is -2.36. The summed E-state index contributed by atoms with van der Waals surface area (Å²) in [6, 6.07) is 6.56. The van der Waals surface area contributed by atoms with E-state index in [1.807, 2.05) is 6.07 Å². The first-order valence-electron chi connectivity index (χ1n) is 6.55. The van der Waals surface area contributed by atoms with E-state index in [2.05, 4.69) is 10.2 Å². The standard InChI is InChI=1S/C14H19FN2O2/c15-13-3-1-2-12(10-13)11-17-6-4-14(18)16-5-8-19-9-7-17/h1-3,10H,4-9,11H2,(H,16,18). The lowest BCUT2D eigenvalue weighted by Gasteiger charge is -2.23. The van der Waals surface area contributed by atoms with Crippen LogP contribution in [-0.4, -0.2) is 43.7 Å². The minimum absolute atomic E-state index is 0.0368. The van der Waals surface area contributed by atoms with E-state index in [9.17, 15) is 9.18 Å². The molecule has 0 aliphatic carbocycles. The van der Waals surface area contributed by atoms with Crippen molar-refractivity contribution in [3.05, 3.63) is 35.6 Å². The van der Waals surface area contributed by atoms with Crippen LogP contribution in [0, 0.1) is 5.82 Å². The molecule has 104 valence electrons. The minimum Gasteiger partial charge on any atom is -0.378 e. The fourth-order valence-electron chi connectivity index (χ4n) is 2.07. The third kappa shape index (κ3) is 4.96. The minimum atomic E-state index is -0.229. The summed E-state index contributed by atoms with van der Waals surface area (Å²) in [6.07, 6.45) is 0.468. The molecule has 0 radical (unpaired) electrons. The van der Waals surface area contributed by atoms with Gasteiger partial charge < -0.3 is 10.1 Å².